The zero-order chi connectivity index (χ0) is 13.9. The summed E-state index contributed by atoms with van der Waals surface area (Å²) in [5.74, 6) is 0. The largest absolute Gasteiger partial charge is 0.444 e. The average Bonchev–Trinajstić information content (AvgIpc) is 2.08. The van der Waals surface area contributed by atoms with Crippen LogP contribution in [0.2, 0.25) is 0 Å². The van der Waals surface area contributed by atoms with Crippen LogP contribution in [-0.2, 0) is 14.8 Å². The third-order valence-electron chi connectivity index (χ3n) is 2.02. The Morgan fingerprint density at radius 3 is 2.00 bits per heavy atom. The van der Waals surface area contributed by atoms with Gasteiger partial charge in [-0.25, -0.2) is 17.5 Å². The summed E-state index contributed by atoms with van der Waals surface area (Å²) in [5.41, 5.74) is -0.548. The van der Waals surface area contributed by atoms with Gasteiger partial charge in [0.05, 0.1) is 6.26 Å². The molecule has 0 unspecified atom stereocenters. The first kappa shape index (κ1) is 16.2. The van der Waals surface area contributed by atoms with Crippen LogP contribution in [0.25, 0.3) is 0 Å². The van der Waals surface area contributed by atoms with Crippen LogP contribution in [0.5, 0.6) is 0 Å². The summed E-state index contributed by atoms with van der Waals surface area (Å²) in [6.07, 6.45) is 0.667. The van der Waals surface area contributed by atoms with E-state index < -0.39 is 21.7 Å². The predicted molar refractivity (Wildman–Crippen MR) is 66.3 cm³/mol. The Labute approximate surface area is 104 Å². The van der Waals surface area contributed by atoms with Crippen LogP contribution in [0.4, 0.5) is 4.79 Å². The molecule has 0 aliphatic rings. The highest BCUT2D eigenvalue weighted by Crippen LogP contribution is 2.09. The Kier molecular flexibility index (Phi) is 5.41. The lowest BCUT2D eigenvalue weighted by molar-refractivity contribution is 0.0294. The van der Waals surface area contributed by atoms with Crippen molar-refractivity contribution in [2.45, 2.75) is 26.4 Å². The van der Waals surface area contributed by atoms with Gasteiger partial charge < -0.3 is 9.64 Å². The summed E-state index contributed by atoms with van der Waals surface area (Å²) in [7, 11) is -0.161. The lowest BCUT2D eigenvalue weighted by atomic mass is 10.2. The number of hydrogen-bond donors (Lipinski definition) is 0. The molecule has 0 aromatic rings. The van der Waals surface area contributed by atoms with Gasteiger partial charge in [-0.15, -0.1) is 0 Å². The van der Waals surface area contributed by atoms with Crippen molar-refractivity contribution in [1.82, 2.24) is 9.21 Å². The van der Waals surface area contributed by atoms with E-state index in [9.17, 15) is 13.2 Å². The second-order valence-electron chi connectivity index (χ2n) is 4.99. The maximum Gasteiger partial charge on any atom is 0.410 e. The first-order valence-electron chi connectivity index (χ1n) is 5.29. The number of rotatable bonds is 4. The normalized spacial score (nSPS) is 12.6. The highest BCUT2D eigenvalue weighted by molar-refractivity contribution is 7.88. The van der Waals surface area contributed by atoms with E-state index >= 15 is 0 Å². The first-order valence-corrected chi connectivity index (χ1v) is 7.14. The fourth-order valence-corrected chi connectivity index (χ4v) is 1.30. The van der Waals surface area contributed by atoms with Crippen molar-refractivity contribution in [2.24, 2.45) is 0 Å². The lowest BCUT2D eigenvalue weighted by Gasteiger charge is -2.25. The monoisotopic (exact) mass is 266 g/mol. The van der Waals surface area contributed by atoms with E-state index in [1.165, 1.54) is 16.3 Å². The van der Waals surface area contributed by atoms with Gasteiger partial charge in [0.15, 0.2) is 0 Å². The molecule has 0 heterocycles. The SMILES string of the molecule is CN(CCN(C)S(C)(=O)=O)C(=O)OC(C)(C)C. The molecule has 0 atom stereocenters. The number of ether oxygens (including phenoxy) is 1. The minimum absolute atomic E-state index is 0.245. The van der Waals surface area contributed by atoms with Crippen LogP contribution in [0.15, 0.2) is 0 Å². The number of likely N-dealkylation sites (N-methyl/N-ethyl adjacent to an activating group) is 2. The van der Waals surface area contributed by atoms with E-state index in [4.69, 9.17) is 4.74 Å². The maximum absolute atomic E-state index is 11.6. The summed E-state index contributed by atoms with van der Waals surface area (Å²) in [4.78, 5) is 12.9. The van der Waals surface area contributed by atoms with Gasteiger partial charge in [0, 0.05) is 27.2 Å². The molecule has 7 heteroatoms. The minimum Gasteiger partial charge on any atom is -0.444 e. The fraction of sp³-hybridized carbons (Fsp3) is 0.900. The number of carbonyl (C=O) groups is 1. The minimum atomic E-state index is -3.20. The molecule has 0 aliphatic heterocycles. The number of hydrogen-bond acceptors (Lipinski definition) is 4. The molecule has 17 heavy (non-hydrogen) atoms. The molecular weight excluding hydrogens is 244 g/mol. The molecule has 0 aliphatic carbocycles. The molecule has 0 radical (unpaired) electrons. The molecule has 1 amide bonds. The Bertz CT molecular complexity index is 359. The first-order chi connectivity index (χ1) is 7.43. The second-order valence-corrected chi connectivity index (χ2v) is 7.08. The van der Waals surface area contributed by atoms with Crippen LogP contribution in [0.1, 0.15) is 20.8 Å². The van der Waals surface area contributed by atoms with Crippen molar-refractivity contribution in [2.75, 3.05) is 33.4 Å². The molecule has 0 rings (SSSR count). The quantitative estimate of drug-likeness (QED) is 0.753. The molecule has 0 N–H and O–H groups in total. The Hall–Kier alpha value is -0.820. The van der Waals surface area contributed by atoms with Gasteiger partial charge in [0.1, 0.15) is 5.60 Å². The van der Waals surface area contributed by atoms with Crippen LogP contribution < -0.4 is 0 Å². The Balaban J connectivity index is 4.20. The summed E-state index contributed by atoms with van der Waals surface area (Å²) >= 11 is 0. The van der Waals surface area contributed by atoms with Gasteiger partial charge in [-0.1, -0.05) is 0 Å². The standard InChI is InChI=1S/C10H22N2O4S/c1-10(2,3)16-9(13)11(4)7-8-12(5)17(6,14)15/h7-8H2,1-6H3. The number of amides is 1. The van der Waals surface area contributed by atoms with Gasteiger partial charge in [0.25, 0.3) is 0 Å². The molecule has 0 spiro atoms. The fourth-order valence-electron chi connectivity index (χ4n) is 0.888. The third-order valence-corrected chi connectivity index (χ3v) is 3.34. The Morgan fingerprint density at radius 2 is 1.65 bits per heavy atom. The maximum atomic E-state index is 11.6. The molecule has 102 valence electrons. The number of nitrogens with zero attached hydrogens (tertiary/aromatic N) is 2. The van der Waals surface area contributed by atoms with Crippen LogP contribution in [-0.4, -0.2) is 62.8 Å². The highest BCUT2D eigenvalue weighted by Gasteiger charge is 2.20. The van der Waals surface area contributed by atoms with Crippen LogP contribution in [0.3, 0.4) is 0 Å². The van der Waals surface area contributed by atoms with Crippen LogP contribution >= 0.6 is 0 Å². The highest BCUT2D eigenvalue weighted by atomic mass is 32.2. The molecule has 0 saturated heterocycles. The zero-order valence-electron chi connectivity index (χ0n) is 11.3. The van der Waals surface area contributed by atoms with Crippen molar-refractivity contribution < 1.29 is 17.9 Å². The second kappa shape index (κ2) is 5.68. The van der Waals surface area contributed by atoms with E-state index in [0.29, 0.717) is 6.54 Å². The molecular formula is C10H22N2O4S. The van der Waals surface area contributed by atoms with E-state index in [1.54, 1.807) is 27.8 Å². The molecule has 0 fully saturated rings. The van der Waals surface area contributed by atoms with Gasteiger partial charge in [-0.05, 0) is 20.8 Å². The average molecular weight is 266 g/mol. The zero-order valence-corrected chi connectivity index (χ0v) is 12.2. The Morgan fingerprint density at radius 1 is 1.18 bits per heavy atom. The summed E-state index contributed by atoms with van der Waals surface area (Å²) in [6.45, 7) is 5.87. The lowest BCUT2D eigenvalue weighted by Crippen LogP contribution is -2.39. The smallest absolute Gasteiger partial charge is 0.410 e. The van der Waals surface area contributed by atoms with Crippen molar-refractivity contribution >= 4 is 16.1 Å². The van der Waals surface area contributed by atoms with Crippen molar-refractivity contribution in [3.63, 3.8) is 0 Å². The van der Waals surface area contributed by atoms with Gasteiger partial charge >= 0.3 is 6.09 Å². The predicted octanol–water partition coefficient (Wildman–Crippen LogP) is 0.745. The third kappa shape index (κ3) is 7.17. The van der Waals surface area contributed by atoms with E-state index in [1.807, 2.05) is 0 Å². The summed E-state index contributed by atoms with van der Waals surface area (Å²) < 4.78 is 28.6. The van der Waals surface area contributed by atoms with E-state index in [2.05, 4.69) is 0 Å². The summed E-state index contributed by atoms with van der Waals surface area (Å²) in [5, 5.41) is 0. The summed E-state index contributed by atoms with van der Waals surface area (Å²) in [6, 6.07) is 0. The van der Waals surface area contributed by atoms with E-state index in [0.717, 1.165) is 6.26 Å². The molecule has 0 aromatic carbocycles. The molecule has 0 bridgehead atoms. The molecule has 6 nitrogen and oxygen atoms in total. The topological polar surface area (TPSA) is 66.9 Å². The van der Waals surface area contributed by atoms with Crippen molar-refractivity contribution in [3.8, 4) is 0 Å². The van der Waals surface area contributed by atoms with Crippen molar-refractivity contribution in [3.05, 3.63) is 0 Å². The number of sulfonamides is 1. The van der Waals surface area contributed by atoms with Crippen LogP contribution in [0, 0.1) is 0 Å². The van der Waals surface area contributed by atoms with Crippen molar-refractivity contribution in [1.29, 1.82) is 0 Å². The number of carbonyl (C=O) groups excluding carboxylic acids is 1. The van der Waals surface area contributed by atoms with Gasteiger partial charge in [-0.2, -0.15) is 0 Å². The van der Waals surface area contributed by atoms with Gasteiger partial charge in [0.2, 0.25) is 10.0 Å². The molecule has 0 aromatic heterocycles. The molecule has 0 saturated carbocycles. The van der Waals surface area contributed by atoms with E-state index in [-0.39, 0.29) is 6.54 Å². The van der Waals surface area contributed by atoms with Gasteiger partial charge in [-0.3, -0.25) is 0 Å².